The third kappa shape index (κ3) is 5.28. The van der Waals surface area contributed by atoms with Crippen LogP contribution in [-0.2, 0) is 11.3 Å². The topological polar surface area (TPSA) is 59.8 Å². The molecule has 0 aliphatic heterocycles. The van der Waals surface area contributed by atoms with Crippen molar-refractivity contribution in [2.24, 2.45) is 5.92 Å². The smallest absolute Gasteiger partial charge is 0.234 e. The normalized spacial score (nSPS) is 11.0. The molecular formula is C20H20Cl2N4OS. The number of carbonyl (C=O) groups is 1. The summed E-state index contributed by atoms with van der Waals surface area (Å²) in [5, 5.41) is 13.1. The van der Waals surface area contributed by atoms with Crippen molar-refractivity contribution < 1.29 is 4.79 Å². The molecule has 0 saturated heterocycles. The van der Waals surface area contributed by atoms with E-state index in [2.05, 4.69) is 33.9 Å². The van der Waals surface area contributed by atoms with E-state index in [4.69, 9.17) is 23.2 Å². The summed E-state index contributed by atoms with van der Waals surface area (Å²) in [6, 6.07) is 14.9. The SMILES string of the molecule is CC(C)Cn1c(SCC(=O)Nc2ccc(Cl)cc2Cl)nnc1-c1ccccc1. The number of hydrogen-bond acceptors (Lipinski definition) is 4. The molecule has 8 heteroatoms. The zero-order chi connectivity index (χ0) is 20.1. The lowest BCUT2D eigenvalue weighted by Gasteiger charge is -2.12. The van der Waals surface area contributed by atoms with Gasteiger partial charge in [-0.05, 0) is 24.1 Å². The molecule has 28 heavy (non-hydrogen) atoms. The highest BCUT2D eigenvalue weighted by atomic mass is 35.5. The molecule has 3 rings (SSSR count). The van der Waals surface area contributed by atoms with Crippen LogP contribution in [-0.4, -0.2) is 26.4 Å². The van der Waals surface area contributed by atoms with Crippen molar-refractivity contribution in [3.05, 3.63) is 58.6 Å². The average Bonchev–Trinajstić information content (AvgIpc) is 3.05. The van der Waals surface area contributed by atoms with Crippen molar-refractivity contribution in [1.82, 2.24) is 14.8 Å². The van der Waals surface area contributed by atoms with Crippen molar-refractivity contribution in [2.45, 2.75) is 25.5 Å². The summed E-state index contributed by atoms with van der Waals surface area (Å²) < 4.78 is 2.06. The van der Waals surface area contributed by atoms with Crippen molar-refractivity contribution in [2.75, 3.05) is 11.1 Å². The molecule has 0 atom stereocenters. The molecule has 1 amide bonds. The number of hydrogen-bond donors (Lipinski definition) is 1. The van der Waals surface area contributed by atoms with Gasteiger partial charge in [0.05, 0.1) is 16.5 Å². The molecule has 0 aliphatic rings. The number of nitrogens with zero attached hydrogens (tertiary/aromatic N) is 3. The number of thioether (sulfide) groups is 1. The molecule has 0 bridgehead atoms. The van der Waals surface area contributed by atoms with E-state index >= 15 is 0 Å². The number of amides is 1. The molecule has 0 aliphatic carbocycles. The van der Waals surface area contributed by atoms with Gasteiger partial charge in [-0.25, -0.2) is 0 Å². The van der Waals surface area contributed by atoms with Gasteiger partial charge in [0.1, 0.15) is 0 Å². The van der Waals surface area contributed by atoms with E-state index in [9.17, 15) is 4.79 Å². The maximum Gasteiger partial charge on any atom is 0.234 e. The van der Waals surface area contributed by atoms with Crippen LogP contribution in [0.1, 0.15) is 13.8 Å². The lowest BCUT2D eigenvalue weighted by Crippen LogP contribution is -2.15. The molecule has 0 saturated carbocycles. The van der Waals surface area contributed by atoms with E-state index in [-0.39, 0.29) is 11.7 Å². The second-order valence-electron chi connectivity index (χ2n) is 6.64. The van der Waals surface area contributed by atoms with E-state index in [1.54, 1.807) is 18.2 Å². The number of halogens is 2. The Morgan fingerprint density at radius 3 is 2.57 bits per heavy atom. The molecule has 5 nitrogen and oxygen atoms in total. The van der Waals surface area contributed by atoms with E-state index in [1.165, 1.54) is 11.8 Å². The van der Waals surface area contributed by atoms with Gasteiger partial charge in [0.2, 0.25) is 5.91 Å². The number of rotatable bonds is 7. The largest absolute Gasteiger partial charge is 0.324 e. The molecule has 1 aromatic heterocycles. The maximum absolute atomic E-state index is 12.4. The molecular weight excluding hydrogens is 415 g/mol. The molecule has 2 aromatic carbocycles. The Kier molecular flexibility index (Phi) is 6.99. The van der Waals surface area contributed by atoms with E-state index < -0.39 is 0 Å². The summed E-state index contributed by atoms with van der Waals surface area (Å²) in [5.74, 6) is 1.25. The summed E-state index contributed by atoms with van der Waals surface area (Å²) in [4.78, 5) is 12.4. The van der Waals surface area contributed by atoms with Gasteiger partial charge < -0.3 is 9.88 Å². The summed E-state index contributed by atoms with van der Waals surface area (Å²) in [6.07, 6.45) is 0. The van der Waals surface area contributed by atoms with E-state index in [1.807, 2.05) is 30.3 Å². The first-order valence-electron chi connectivity index (χ1n) is 8.80. The predicted octanol–water partition coefficient (Wildman–Crippen LogP) is 5.64. The van der Waals surface area contributed by atoms with Crippen molar-refractivity contribution in [1.29, 1.82) is 0 Å². The van der Waals surface area contributed by atoms with Crippen LogP contribution in [0.2, 0.25) is 10.0 Å². The van der Waals surface area contributed by atoms with Gasteiger partial charge in [0, 0.05) is 17.1 Å². The zero-order valence-corrected chi connectivity index (χ0v) is 17.9. The van der Waals surface area contributed by atoms with Gasteiger partial charge in [-0.1, -0.05) is 79.1 Å². The second kappa shape index (κ2) is 9.45. The Labute approximate surface area is 178 Å². The highest BCUT2D eigenvalue weighted by molar-refractivity contribution is 7.99. The van der Waals surface area contributed by atoms with E-state index in [0.717, 1.165) is 17.9 Å². The third-order valence-corrected chi connectivity index (χ3v) is 5.35. The number of nitrogens with one attached hydrogen (secondary N) is 1. The van der Waals surface area contributed by atoms with Crippen LogP contribution in [0.25, 0.3) is 11.4 Å². The Morgan fingerprint density at radius 2 is 1.89 bits per heavy atom. The van der Waals surface area contributed by atoms with Crippen LogP contribution in [0.15, 0.2) is 53.7 Å². The number of anilines is 1. The minimum atomic E-state index is -0.172. The molecule has 0 fully saturated rings. The summed E-state index contributed by atoms with van der Waals surface area (Å²) in [5.41, 5.74) is 1.53. The van der Waals surface area contributed by atoms with Gasteiger partial charge in [-0.2, -0.15) is 0 Å². The van der Waals surface area contributed by atoms with Crippen LogP contribution in [0.4, 0.5) is 5.69 Å². The molecule has 1 heterocycles. The first-order chi connectivity index (χ1) is 13.4. The van der Waals surface area contributed by atoms with Crippen LogP contribution in [0.5, 0.6) is 0 Å². The van der Waals surface area contributed by atoms with Crippen LogP contribution < -0.4 is 5.32 Å². The first kappa shape index (κ1) is 20.7. The Bertz CT molecular complexity index is 960. The van der Waals surface area contributed by atoms with Crippen LogP contribution >= 0.6 is 35.0 Å². The Hall–Kier alpha value is -2.02. The lowest BCUT2D eigenvalue weighted by atomic mass is 10.2. The van der Waals surface area contributed by atoms with Crippen molar-refractivity contribution in [3.63, 3.8) is 0 Å². The molecule has 146 valence electrons. The van der Waals surface area contributed by atoms with Crippen LogP contribution in [0, 0.1) is 5.92 Å². The van der Waals surface area contributed by atoms with Gasteiger partial charge >= 0.3 is 0 Å². The Balaban J connectivity index is 1.73. The fourth-order valence-corrected chi connectivity index (χ4v) is 3.84. The number of aromatic nitrogens is 3. The van der Waals surface area contributed by atoms with Crippen molar-refractivity contribution >= 4 is 46.6 Å². The summed E-state index contributed by atoms with van der Waals surface area (Å²) in [7, 11) is 0. The second-order valence-corrected chi connectivity index (χ2v) is 8.42. The minimum absolute atomic E-state index is 0.172. The highest BCUT2D eigenvalue weighted by Crippen LogP contribution is 2.27. The molecule has 1 N–H and O–H groups in total. The standard InChI is InChI=1S/C20H20Cl2N4OS/c1-13(2)11-26-19(14-6-4-3-5-7-14)24-25-20(26)28-12-18(27)23-17-9-8-15(21)10-16(17)22/h3-10,13H,11-12H2,1-2H3,(H,23,27). The summed E-state index contributed by atoms with van der Waals surface area (Å²) in [6.45, 7) is 5.04. The van der Waals surface area contributed by atoms with Gasteiger partial charge in [-0.15, -0.1) is 10.2 Å². The zero-order valence-electron chi connectivity index (χ0n) is 15.5. The first-order valence-corrected chi connectivity index (χ1v) is 10.5. The molecule has 0 spiro atoms. The fraction of sp³-hybridized carbons (Fsp3) is 0.250. The minimum Gasteiger partial charge on any atom is -0.324 e. The molecule has 3 aromatic rings. The molecule has 0 unspecified atom stereocenters. The van der Waals surface area contributed by atoms with Gasteiger partial charge in [0.25, 0.3) is 0 Å². The van der Waals surface area contributed by atoms with Crippen LogP contribution in [0.3, 0.4) is 0 Å². The number of benzene rings is 2. The third-order valence-electron chi connectivity index (χ3n) is 3.83. The van der Waals surface area contributed by atoms with Gasteiger partial charge in [-0.3, -0.25) is 4.79 Å². The number of carbonyl (C=O) groups excluding carboxylic acids is 1. The van der Waals surface area contributed by atoms with Crippen molar-refractivity contribution in [3.8, 4) is 11.4 Å². The molecule has 0 radical (unpaired) electrons. The lowest BCUT2D eigenvalue weighted by molar-refractivity contribution is -0.113. The quantitative estimate of drug-likeness (QED) is 0.488. The highest BCUT2D eigenvalue weighted by Gasteiger charge is 2.17. The fourth-order valence-electron chi connectivity index (χ4n) is 2.63. The monoisotopic (exact) mass is 434 g/mol. The summed E-state index contributed by atoms with van der Waals surface area (Å²) >= 11 is 13.3. The predicted molar refractivity (Wildman–Crippen MR) is 116 cm³/mol. The van der Waals surface area contributed by atoms with Gasteiger partial charge in [0.15, 0.2) is 11.0 Å². The Morgan fingerprint density at radius 1 is 1.14 bits per heavy atom. The maximum atomic E-state index is 12.4. The van der Waals surface area contributed by atoms with E-state index in [0.29, 0.717) is 26.8 Å². The average molecular weight is 435 g/mol.